The van der Waals surface area contributed by atoms with Crippen LogP contribution in [0, 0.1) is 15.5 Å². The van der Waals surface area contributed by atoms with E-state index in [4.69, 9.17) is 0 Å². The molecule has 0 saturated heterocycles. The number of nitro benzene ring substituents is 1. The Bertz CT molecular complexity index is 623. The zero-order chi connectivity index (χ0) is 15.7. The Morgan fingerprint density at radius 1 is 1.35 bits per heavy atom. The Balaban J connectivity index is 3.35. The van der Waals surface area contributed by atoms with Gasteiger partial charge in [-0.15, -0.1) is 0 Å². The quantitative estimate of drug-likeness (QED) is 0.607. The van der Waals surface area contributed by atoms with Crippen molar-refractivity contribution in [3.05, 3.63) is 32.8 Å². The number of sulfonamides is 1. The predicted molar refractivity (Wildman–Crippen MR) is 80.1 cm³/mol. The second-order valence-corrected chi connectivity index (χ2v) is 8.62. The Hall–Kier alpha value is -0.990. The van der Waals surface area contributed by atoms with E-state index < -0.39 is 20.6 Å². The molecule has 0 N–H and O–H groups in total. The number of rotatable bonds is 4. The fourth-order valence-electron chi connectivity index (χ4n) is 1.77. The van der Waals surface area contributed by atoms with Crippen LogP contribution >= 0.6 is 15.9 Å². The standard InChI is InChI=1S/C12H17BrN2O4S/c1-12(2,3)8-14(4)20(18,19)11-7-9(13)5-6-10(11)15(16)17/h5-7H,8H2,1-4H3. The molecule has 0 aliphatic heterocycles. The highest BCUT2D eigenvalue weighted by atomic mass is 79.9. The lowest BCUT2D eigenvalue weighted by Gasteiger charge is -2.26. The summed E-state index contributed by atoms with van der Waals surface area (Å²) in [6.07, 6.45) is 0. The topological polar surface area (TPSA) is 80.5 Å². The zero-order valence-corrected chi connectivity index (χ0v) is 14.2. The molecule has 0 aliphatic rings. The van der Waals surface area contributed by atoms with Gasteiger partial charge in [-0.1, -0.05) is 36.7 Å². The number of hydrogen-bond acceptors (Lipinski definition) is 4. The van der Waals surface area contributed by atoms with Crippen molar-refractivity contribution in [1.29, 1.82) is 0 Å². The molecule has 1 aromatic rings. The number of benzene rings is 1. The molecule has 0 amide bonds. The number of hydrogen-bond donors (Lipinski definition) is 0. The largest absolute Gasteiger partial charge is 0.289 e. The van der Waals surface area contributed by atoms with Crippen LogP contribution in [0.1, 0.15) is 20.8 Å². The third-order valence-corrected chi connectivity index (χ3v) is 4.83. The molecular weight excluding hydrogens is 348 g/mol. The first kappa shape index (κ1) is 17.1. The highest BCUT2D eigenvalue weighted by Gasteiger charge is 2.31. The highest BCUT2D eigenvalue weighted by molar-refractivity contribution is 9.10. The normalized spacial score (nSPS) is 12.7. The van der Waals surface area contributed by atoms with Crippen molar-refractivity contribution < 1.29 is 13.3 Å². The first-order chi connectivity index (χ1) is 8.95. The van der Waals surface area contributed by atoms with Crippen LogP contribution in [0.15, 0.2) is 27.6 Å². The van der Waals surface area contributed by atoms with Gasteiger partial charge in [0.25, 0.3) is 5.69 Å². The van der Waals surface area contributed by atoms with Gasteiger partial charge in [0.2, 0.25) is 10.0 Å². The van der Waals surface area contributed by atoms with Gasteiger partial charge in [-0.05, 0) is 17.5 Å². The van der Waals surface area contributed by atoms with Gasteiger partial charge in [-0.25, -0.2) is 12.7 Å². The minimum absolute atomic E-state index is 0.247. The summed E-state index contributed by atoms with van der Waals surface area (Å²) in [5, 5.41) is 11.0. The summed E-state index contributed by atoms with van der Waals surface area (Å²) < 4.78 is 26.6. The number of nitro groups is 1. The molecule has 0 spiro atoms. The van der Waals surface area contributed by atoms with Gasteiger partial charge in [-0.2, -0.15) is 0 Å². The monoisotopic (exact) mass is 364 g/mol. The van der Waals surface area contributed by atoms with Gasteiger partial charge in [0.05, 0.1) is 4.92 Å². The maximum atomic E-state index is 12.5. The molecule has 1 aromatic carbocycles. The summed E-state index contributed by atoms with van der Waals surface area (Å²) in [5.74, 6) is 0. The summed E-state index contributed by atoms with van der Waals surface area (Å²) in [6.45, 7) is 5.95. The van der Waals surface area contributed by atoms with Crippen LogP contribution in [-0.2, 0) is 10.0 Å². The van der Waals surface area contributed by atoms with E-state index in [-0.39, 0.29) is 16.9 Å². The Morgan fingerprint density at radius 3 is 2.35 bits per heavy atom. The van der Waals surface area contributed by atoms with Crippen molar-refractivity contribution in [2.75, 3.05) is 13.6 Å². The molecular formula is C12H17BrN2O4S. The summed E-state index contributed by atoms with van der Waals surface area (Å²) in [4.78, 5) is 10.0. The van der Waals surface area contributed by atoms with Crippen LogP contribution < -0.4 is 0 Å². The lowest BCUT2D eigenvalue weighted by Crippen LogP contribution is -2.34. The molecule has 0 radical (unpaired) electrons. The minimum Gasteiger partial charge on any atom is -0.258 e. The van der Waals surface area contributed by atoms with Gasteiger partial charge in [0, 0.05) is 24.1 Å². The molecule has 0 aliphatic carbocycles. The SMILES string of the molecule is CN(CC(C)(C)C)S(=O)(=O)c1cc(Br)ccc1[N+](=O)[O-]. The zero-order valence-electron chi connectivity index (χ0n) is 11.8. The van der Waals surface area contributed by atoms with Crippen molar-refractivity contribution in [3.63, 3.8) is 0 Å². The third-order valence-electron chi connectivity index (χ3n) is 2.50. The maximum absolute atomic E-state index is 12.5. The molecule has 20 heavy (non-hydrogen) atoms. The lowest BCUT2D eigenvalue weighted by atomic mass is 9.97. The molecule has 0 aromatic heterocycles. The van der Waals surface area contributed by atoms with Gasteiger partial charge in [0.1, 0.15) is 0 Å². The first-order valence-corrected chi connectivity index (χ1v) is 8.09. The maximum Gasteiger partial charge on any atom is 0.289 e. The van der Waals surface area contributed by atoms with Gasteiger partial charge in [-0.3, -0.25) is 10.1 Å². The van der Waals surface area contributed by atoms with Crippen molar-refractivity contribution in [3.8, 4) is 0 Å². The van der Waals surface area contributed by atoms with Crippen molar-refractivity contribution in [2.45, 2.75) is 25.7 Å². The molecule has 0 saturated carbocycles. The summed E-state index contributed by atoms with van der Waals surface area (Å²) >= 11 is 3.14. The molecule has 0 atom stereocenters. The number of nitrogens with zero attached hydrogens (tertiary/aromatic N) is 2. The van der Waals surface area contributed by atoms with Crippen LogP contribution in [0.5, 0.6) is 0 Å². The number of halogens is 1. The van der Waals surface area contributed by atoms with Crippen LogP contribution in [0.2, 0.25) is 0 Å². The van der Waals surface area contributed by atoms with E-state index in [2.05, 4.69) is 15.9 Å². The molecule has 8 heteroatoms. The molecule has 0 heterocycles. The van der Waals surface area contributed by atoms with Gasteiger partial charge >= 0.3 is 0 Å². The van der Waals surface area contributed by atoms with Crippen LogP contribution in [0.4, 0.5) is 5.69 Å². The second-order valence-electron chi connectivity index (χ2n) is 5.69. The summed E-state index contributed by atoms with van der Waals surface area (Å²) in [7, 11) is -2.49. The minimum atomic E-state index is -3.91. The lowest BCUT2D eigenvalue weighted by molar-refractivity contribution is -0.387. The van der Waals surface area contributed by atoms with E-state index in [1.54, 1.807) is 0 Å². The average Bonchev–Trinajstić information content (AvgIpc) is 2.25. The van der Waals surface area contributed by atoms with E-state index in [9.17, 15) is 18.5 Å². The van der Waals surface area contributed by atoms with Crippen LogP contribution in [0.25, 0.3) is 0 Å². The molecule has 112 valence electrons. The Kier molecular flexibility index (Phi) is 4.94. The average molecular weight is 365 g/mol. The fourth-order valence-corrected chi connectivity index (χ4v) is 3.85. The van der Waals surface area contributed by atoms with E-state index in [0.717, 1.165) is 4.31 Å². The molecule has 6 nitrogen and oxygen atoms in total. The van der Waals surface area contributed by atoms with Crippen molar-refractivity contribution in [1.82, 2.24) is 4.31 Å². The summed E-state index contributed by atoms with van der Waals surface area (Å²) in [5.41, 5.74) is -0.670. The van der Waals surface area contributed by atoms with Gasteiger partial charge < -0.3 is 0 Å². The van der Waals surface area contributed by atoms with E-state index in [1.807, 2.05) is 20.8 Å². The van der Waals surface area contributed by atoms with E-state index >= 15 is 0 Å². The van der Waals surface area contributed by atoms with Gasteiger partial charge in [0.15, 0.2) is 4.90 Å². The molecule has 0 bridgehead atoms. The van der Waals surface area contributed by atoms with Crippen LogP contribution in [0.3, 0.4) is 0 Å². The van der Waals surface area contributed by atoms with E-state index in [0.29, 0.717) is 4.47 Å². The summed E-state index contributed by atoms with van der Waals surface area (Å²) in [6, 6.07) is 3.88. The Morgan fingerprint density at radius 2 is 1.90 bits per heavy atom. The second kappa shape index (κ2) is 5.79. The van der Waals surface area contributed by atoms with Crippen LogP contribution in [-0.4, -0.2) is 31.2 Å². The molecule has 0 unspecified atom stereocenters. The fraction of sp³-hybridized carbons (Fsp3) is 0.500. The highest BCUT2D eigenvalue weighted by Crippen LogP contribution is 2.30. The van der Waals surface area contributed by atoms with Crippen molar-refractivity contribution >= 4 is 31.6 Å². The van der Waals surface area contributed by atoms with Crippen molar-refractivity contribution in [2.24, 2.45) is 5.41 Å². The molecule has 0 fully saturated rings. The Labute approximate surface area is 127 Å². The third kappa shape index (κ3) is 4.00. The predicted octanol–water partition coefficient (Wildman–Crippen LogP) is 3.02. The smallest absolute Gasteiger partial charge is 0.258 e. The molecule has 1 rings (SSSR count). The first-order valence-electron chi connectivity index (χ1n) is 5.85. The van der Waals surface area contributed by atoms with E-state index in [1.165, 1.54) is 25.2 Å².